The normalized spacial score (nSPS) is 12.6. The van der Waals surface area contributed by atoms with Crippen molar-refractivity contribution in [2.75, 3.05) is 0 Å². The smallest absolute Gasteiger partial charge is 0.325 e. The molecule has 4 aromatic rings. The number of aryl methyl sites for hydroxylation is 1. The van der Waals surface area contributed by atoms with Crippen LogP contribution in [0.4, 0.5) is 0 Å². The number of rotatable bonds is 8. The molecule has 0 saturated heterocycles. The molecule has 0 aromatic heterocycles. The maximum absolute atomic E-state index is 13.5. The van der Waals surface area contributed by atoms with Crippen LogP contribution in [0, 0.1) is 6.92 Å². The second kappa shape index (κ2) is 10.3. The van der Waals surface area contributed by atoms with Gasteiger partial charge < -0.3 is 4.74 Å². The molecular formula is C29H27NO4S. The Morgan fingerprint density at radius 1 is 0.714 bits per heavy atom. The summed E-state index contributed by atoms with van der Waals surface area (Å²) in [6, 6.07) is 33.7. The number of sulfonamides is 1. The first kappa shape index (κ1) is 24.4. The quantitative estimate of drug-likeness (QED) is 0.275. The fourth-order valence-corrected chi connectivity index (χ4v) is 5.19. The molecule has 0 spiro atoms. The number of ether oxygens (including phenoxy) is 1. The molecule has 0 bridgehead atoms. The Morgan fingerprint density at radius 3 is 1.51 bits per heavy atom. The zero-order valence-electron chi connectivity index (χ0n) is 19.6. The van der Waals surface area contributed by atoms with Crippen molar-refractivity contribution in [1.82, 2.24) is 4.72 Å². The standard InChI is InChI=1S/C29H27NO4S/c1-22-18-20-27(21-19-22)35(32,33)30-23(2)28(31)34-29(24-12-6-3-7-13-24,25-14-8-4-9-15-25)26-16-10-5-11-17-26/h3-21,23,30H,1-2H3. The van der Waals surface area contributed by atoms with E-state index in [-0.39, 0.29) is 4.90 Å². The summed E-state index contributed by atoms with van der Waals surface area (Å²) in [4.78, 5) is 13.6. The van der Waals surface area contributed by atoms with Gasteiger partial charge in [0.1, 0.15) is 6.04 Å². The number of benzene rings is 4. The summed E-state index contributed by atoms with van der Waals surface area (Å²) in [6.07, 6.45) is 0. The van der Waals surface area contributed by atoms with E-state index in [4.69, 9.17) is 4.74 Å². The van der Waals surface area contributed by atoms with Crippen molar-refractivity contribution in [3.8, 4) is 0 Å². The van der Waals surface area contributed by atoms with E-state index in [0.717, 1.165) is 22.3 Å². The molecule has 0 saturated carbocycles. The molecule has 4 aromatic carbocycles. The van der Waals surface area contributed by atoms with Gasteiger partial charge in [0.05, 0.1) is 4.90 Å². The van der Waals surface area contributed by atoms with Gasteiger partial charge in [-0.1, -0.05) is 109 Å². The Hall–Kier alpha value is -3.74. The van der Waals surface area contributed by atoms with Gasteiger partial charge >= 0.3 is 5.97 Å². The van der Waals surface area contributed by atoms with E-state index in [1.165, 1.54) is 19.1 Å². The van der Waals surface area contributed by atoms with Crippen LogP contribution in [0.2, 0.25) is 0 Å². The Morgan fingerprint density at radius 2 is 1.11 bits per heavy atom. The molecule has 0 amide bonds. The number of esters is 1. The lowest BCUT2D eigenvalue weighted by Crippen LogP contribution is -2.44. The van der Waals surface area contributed by atoms with Crippen molar-refractivity contribution in [2.45, 2.75) is 30.4 Å². The number of carbonyl (C=O) groups excluding carboxylic acids is 1. The van der Waals surface area contributed by atoms with E-state index >= 15 is 0 Å². The summed E-state index contributed by atoms with van der Waals surface area (Å²) < 4.78 is 34.6. The highest BCUT2D eigenvalue weighted by molar-refractivity contribution is 7.89. The molecule has 0 heterocycles. The molecule has 6 heteroatoms. The zero-order valence-corrected chi connectivity index (χ0v) is 20.4. The van der Waals surface area contributed by atoms with Gasteiger partial charge in [-0.3, -0.25) is 4.79 Å². The average molecular weight is 486 g/mol. The topological polar surface area (TPSA) is 72.5 Å². The van der Waals surface area contributed by atoms with Crippen LogP contribution in [0.3, 0.4) is 0 Å². The van der Waals surface area contributed by atoms with E-state index in [9.17, 15) is 13.2 Å². The SMILES string of the molecule is Cc1ccc(S(=O)(=O)NC(C)C(=O)OC(c2ccccc2)(c2ccccc2)c2ccccc2)cc1. The van der Waals surface area contributed by atoms with Gasteiger partial charge in [0, 0.05) is 16.7 Å². The minimum absolute atomic E-state index is 0.0863. The highest BCUT2D eigenvalue weighted by atomic mass is 32.2. The molecule has 0 fully saturated rings. The molecule has 178 valence electrons. The van der Waals surface area contributed by atoms with Crippen LogP contribution >= 0.6 is 0 Å². The van der Waals surface area contributed by atoms with E-state index < -0.39 is 27.6 Å². The Balaban J connectivity index is 1.75. The van der Waals surface area contributed by atoms with Crippen LogP contribution in [0.15, 0.2) is 120 Å². The molecule has 5 nitrogen and oxygen atoms in total. The molecule has 1 unspecified atom stereocenters. The van der Waals surface area contributed by atoms with Crippen LogP contribution in [0.25, 0.3) is 0 Å². The summed E-state index contributed by atoms with van der Waals surface area (Å²) in [7, 11) is -3.92. The molecule has 0 aliphatic carbocycles. The van der Waals surface area contributed by atoms with E-state index in [2.05, 4.69) is 4.72 Å². The summed E-state index contributed by atoms with van der Waals surface area (Å²) in [5, 5.41) is 0. The van der Waals surface area contributed by atoms with Crippen LogP contribution < -0.4 is 4.72 Å². The van der Waals surface area contributed by atoms with E-state index in [1.54, 1.807) is 12.1 Å². The average Bonchev–Trinajstić information content (AvgIpc) is 2.88. The van der Waals surface area contributed by atoms with Gasteiger partial charge in [0.15, 0.2) is 5.60 Å². The van der Waals surface area contributed by atoms with Crippen molar-refractivity contribution >= 4 is 16.0 Å². The first-order chi connectivity index (χ1) is 16.8. The van der Waals surface area contributed by atoms with E-state index in [0.29, 0.717) is 0 Å². The van der Waals surface area contributed by atoms with Crippen molar-refractivity contribution in [3.05, 3.63) is 138 Å². The Labute approximate surface area is 206 Å². The maximum Gasteiger partial charge on any atom is 0.325 e. The molecule has 0 radical (unpaired) electrons. The van der Waals surface area contributed by atoms with Crippen molar-refractivity contribution in [1.29, 1.82) is 0 Å². The summed E-state index contributed by atoms with van der Waals surface area (Å²) in [5.74, 6) is -0.697. The van der Waals surface area contributed by atoms with Crippen LogP contribution in [0.1, 0.15) is 29.2 Å². The lowest BCUT2D eigenvalue weighted by atomic mass is 9.80. The molecule has 1 N–H and O–H groups in total. The minimum Gasteiger partial charge on any atom is -0.443 e. The third-order valence-electron chi connectivity index (χ3n) is 5.81. The van der Waals surface area contributed by atoms with Gasteiger partial charge in [0.25, 0.3) is 0 Å². The Kier molecular flexibility index (Phi) is 7.15. The van der Waals surface area contributed by atoms with Crippen molar-refractivity contribution < 1.29 is 17.9 Å². The lowest BCUT2D eigenvalue weighted by Gasteiger charge is -2.36. The summed E-state index contributed by atoms with van der Waals surface area (Å²) in [5.41, 5.74) is 1.91. The largest absolute Gasteiger partial charge is 0.443 e. The first-order valence-electron chi connectivity index (χ1n) is 11.3. The molecule has 0 aliphatic heterocycles. The third kappa shape index (κ3) is 5.19. The summed E-state index contributed by atoms with van der Waals surface area (Å²) >= 11 is 0. The Bertz CT molecular complexity index is 1270. The van der Waals surface area contributed by atoms with Gasteiger partial charge in [0.2, 0.25) is 10.0 Å². The molecule has 1 atom stereocenters. The monoisotopic (exact) mass is 485 g/mol. The molecule has 35 heavy (non-hydrogen) atoms. The number of nitrogens with one attached hydrogen (secondary N) is 1. The zero-order chi connectivity index (χ0) is 24.9. The minimum atomic E-state index is -3.92. The lowest BCUT2D eigenvalue weighted by molar-refractivity contribution is -0.155. The van der Waals surface area contributed by atoms with Gasteiger partial charge in [-0.2, -0.15) is 4.72 Å². The third-order valence-corrected chi connectivity index (χ3v) is 7.37. The van der Waals surface area contributed by atoms with Gasteiger partial charge in [-0.25, -0.2) is 8.42 Å². The number of carbonyl (C=O) groups is 1. The van der Waals surface area contributed by atoms with Gasteiger partial charge in [-0.05, 0) is 26.0 Å². The predicted molar refractivity (Wildman–Crippen MR) is 136 cm³/mol. The fraction of sp³-hybridized carbons (Fsp3) is 0.138. The van der Waals surface area contributed by atoms with Gasteiger partial charge in [-0.15, -0.1) is 0 Å². The fourth-order valence-electron chi connectivity index (χ4n) is 4.00. The predicted octanol–water partition coefficient (Wildman–Crippen LogP) is 5.20. The maximum atomic E-state index is 13.5. The summed E-state index contributed by atoms with van der Waals surface area (Å²) in [6.45, 7) is 3.36. The second-order valence-corrected chi connectivity index (χ2v) is 10.1. The van der Waals surface area contributed by atoms with Crippen molar-refractivity contribution in [3.63, 3.8) is 0 Å². The van der Waals surface area contributed by atoms with Crippen LogP contribution in [0.5, 0.6) is 0 Å². The van der Waals surface area contributed by atoms with Crippen molar-refractivity contribution in [2.24, 2.45) is 0 Å². The number of hydrogen-bond acceptors (Lipinski definition) is 4. The molecule has 4 rings (SSSR count). The molecule has 0 aliphatic rings. The first-order valence-corrected chi connectivity index (χ1v) is 12.8. The van der Waals surface area contributed by atoms with E-state index in [1.807, 2.05) is 97.9 Å². The molecular weight excluding hydrogens is 458 g/mol. The van der Waals surface area contributed by atoms with Crippen LogP contribution in [-0.4, -0.2) is 20.4 Å². The van der Waals surface area contributed by atoms with Crippen LogP contribution in [-0.2, 0) is 25.2 Å². The highest BCUT2D eigenvalue weighted by Crippen LogP contribution is 2.40. The highest BCUT2D eigenvalue weighted by Gasteiger charge is 2.41. The number of hydrogen-bond donors (Lipinski definition) is 1. The second-order valence-electron chi connectivity index (χ2n) is 8.36.